The maximum Gasteiger partial charge on any atom is 0.338 e. The van der Waals surface area contributed by atoms with E-state index in [-0.39, 0.29) is 12.2 Å². The highest BCUT2D eigenvalue weighted by molar-refractivity contribution is 9.11. The van der Waals surface area contributed by atoms with Gasteiger partial charge in [-0.2, -0.15) is 5.26 Å². The van der Waals surface area contributed by atoms with Crippen molar-refractivity contribution in [2.45, 2.75) is 13.5 Å². The second kappa shape index (κ2) is 12.7. The van der Waals surface area contributed by atoms with E-state index in [1.54, 1.807) is 43.3 Å². The second-order valence-corrected chi connectivity index (χ2v) is 9.77. The van der Waals surface area contributed by atoms with Gasteiger partial charge in [0.1, 0.15) is 24.0 Å². The van der Waals surface area contributed by atoms with Gasteiger partial charge in [-0.15, -0.1) is 0 Å². The zero-order valence-electron chi connectivity index (χ0n) is 18.5. The maximum absolute atomic E-state index is 12.6. The smallest absolute Gasteiger partial charge is 0.338 e. The van der Waals surface area contributed by atoms with Gasteiger partial charge in [-0.1, -0.05) is 28.1 Å². The molecule has 3 aromatic rings. The summed E-state index contributed by atoms with van der Waals surface area (Å²) < 4.78 is 13.2. The largest absolute Gasteiger partial charge is 0.487 e. The Morgan fingerprint density at radius 1 is 1.00 bits per heavy atom. The molecule has 0 saturated heterocycles. The quantitative estimate of drug-likeness (QED) is 0.156. The summed E-state index contributed by atoms with van der Waals surface area (Å²) in [5, 5.41) is 12.2. The van der Waals surface area contributed by atoms with E-state index >= 15 is 0 Å². The Morgan fingerprint density at radius 3 is 2.20 bits per heavy atom. The number of hydrogen-bond donors (Lipinski definition) is 1. The zero-order chi connectivity index (χ0) is 25.4. The van der Waals surface area contributed by atoms with E-state index in [4.69, 9.17) is 9.47 Å². The first kappa shape index (κ1) is 26.7. The first-order valence-corrected chi connectivity index (χ1v) is 12.7. The number of nitriles is 1. The monoisotopic (exact) mass is 660 g/mol. The van der Waals surface area contributed by atoms with Crippen LogP contribution in [0.1, 0.15) is 28.4 Å². The van der Waals surface area contributed by atoms with Crippen LogP contribution in [0.4, 0.5) is 5.69 Å². The summed E-state index contributed by atoms with van der Waals surface area (Å²) >= 11 is 10.4. The number of ether oxygens (including phenoxy) is 2. The van der Waals surface area contributed by atoms with Gasteiger partial charge in [-0.25, -0.2) is 4.79 Å². The van der Waals surface area contributed by atoms with Crippen molar-refractivity contribution in [3.8, 4) is 11.8 Å². The molecule has 0 heterocycles. The molecule has 0 aliphatic heterocycles. The molecule has 6 nitrogen and oxygen atoms in total. The molecule has 0 atom stereocenters. The molecule has 0 aromatic heterocycles. The molecular formula is C26H19Br3N2O4. The van der Waals surface area contributed by atoms with E-state index in [0.29, 0.717) is 38.1 Å². The Labute approximate surface area is 228 Å². The van der Waals surface area contributed by atoms with Crippen molar-refractivity contribution in [2.24, 2.45) is 0 Å². The third-order valence-electron chi connectivity index (χ3n) is 4.65. The highest BCUT2D eigenvalue weighted by Gasteiger charge is 2.14. The molecule has 0 saturated carbocycles. The Balaban J connectivity index is 1.71. The van der Waals surface area contributed by atoms with Crippen LogP contribution in [-0.4, -0.2) is 18.5 Å². The number of nitrogens with zero attached hydrogens (tertiary/aromatic N) is 1. The molecule has 0 fully saturated rings. The minimum Gasteiger partial charge on any atom is -0.487 e. The number of hydrogen-bond acceptors (Lipinski definition) is 5. The van der Waals surface area contributed by atoms with Gasteiger partial charge in [0.05, 0.1) is 21.1 Å². The first-order chi connectivity index (χ1) is 16.8. The normalized spacial score (nSPS) is 10.9. The first-order valence-electron chi connectivity index (χ1n) is 10.4. The summed E-state index contributed by atoms with van der Waals surface area (Å²) in [6.07, 6.45) is 1.48. The molecular weight excluding hydrogens is 644 g/mol. The van der Waals surface area contributed by atoms with Crippen molar-refractivity contribution in [1.82, 2.24) is 0 Å². The summed E-state index contributed by atoms with van der Waals surface area (Å²) in [6, 6.07) is 19.5. The average Bonchev–Trinajstić information content (AvgIpc) is 2.83. The minimum absolute atomic E-state index is 0.0817. The second-order valence-electron chi connectivity index (χ2n) is 7.15. The number of nitrogens with one attached hydrogen (secondary N) is 1. The van der Waals surface area contributed by atoms with Crippen LogP contribution in [0.2, 0.25) is 0 Å². The van der Waals surface area contributed by atoms with Gasteiger partial charge < -0.3 is 14.8 Å². The maximum atomic E-state index is 12.6. The topological polar surface area (TPSA) is 88.4 Å². The number of carbonyl (C=O) groups is 2. The van der Waals surface area contributed by atoms with Gasteiger partial charge in [0, 0.05) is 10.2 Å². The van der Waals surface area contributed by atoms with Crippen molar-refractivity contribution >= 4 is 71.4 Å². The lowest BCUT2D eigenvalue weighted by atomic mass is 10.1. The van der Waals surface area contributed by atoms with Crippen molar-refractivity contribution < 1.29 is 19.1 Å². The Kier molecular flexibility index (Phi) is 9.66. The van der Waals surface area contributed by atoms with Crippen LogP contribution in [-0.2, 0) is 16.1 Å². The number of benzene rings is 3. The SMILES string of the molecule is CCOC(=O)c1ccc(NC(=O)/C(C#N)=C/c2cc(Br)c(OCc3ccc(Br)cc3)c(Br)c2)cc1. The third-order valence-corrected chi connectivity index (χ3v) is 6.35. The van der Waals surface area contributed by atoms with Crippen LogP contribution in [0.3, 0.4) is 0 Å². The number of amides is 1. The fourth-order valence-corrected chi connectivity index (χ4v) is 4.67. The third kappa shape index (κ3) is 7.52. The fraction of sp³-hybridized carbons (Fsp3) is 0.115. The van der Waals surface area contributed by atoms with Gasteiger partial charge in [-0.3, -0.25) is 4.79 Å². The van der Waals surface area contributed by atoms with Gasteiger partial charge in [0.15, 0.2) is 0 Å². The molecule has 0 aliphatic carbocycles. The molecule has 0 bridgehead atoms. The van der Waals surface area contributed by atoms with E-state index in [1.807, 2.05) is 30.3 Å². The molecule has 0 spiro atoms. The molecule has 0 radical (unpaired) electrons. The van der Waals surface area contributed by atoms with Crippen molar-refractivity contribution in [2.75, 3.05) is 11.9 Å². The van der Waals surface area contributed by atoms with Gasteiger partial charge in [0.2, 0.25) is 0 Å². The molecule has 9 heteroatoms. The predicted octanol–water partition coefficient (Wildman–Crippen LogP) is 7.28. The molecule has 1 N–H and O–H groups in total. The summed E-state index contributed by atoms with van der Waals surface area (Å²) in [4.78, 5) is 24.4. The van der Waals surface area contributed by atoms with Crippen LogP contribution < -0.4 is 10.1 Å². The predicted molar refractivity (Wildman–Crippen MR) is 145 cm³/mol. The fourth-order valence-electron chi connectivity index (χ4n) is 2.95. The Morgan fingerprint density at radius 2 is 1.63 bits per heavy atom. The van der Waals surface area contributed by atoms with Crippen LogP contribution in [0, 0.1) is 11.3 Å². The highest BCUT2D eigenvalue weighted by Crippen LogP contribution is 2.36. The standard InChI is InChI=1S/C26H19Br3N2O4/c1-2-34-26(33)18-5-9-21(10-6-18)31-25(32)19(14-30)11-17-12-22(28)24(23(29)13-17)35-15-16-3-7-20(27)8-4-16/h3-13H,2,15H2,1H3,(H,31,32)/b19-11+. The van der Waals surface area contributed by atoms with Crippen molar-refractivity contribution in [3.63, 3.8) is 0 Å². The van der Waals surface area contributed by atoms with Crippen LogP contribution in [0.15, 0.2) is 79.7 Å². The number of esters is 1. The number of rotatable bonds is 8. The van der Waals surface area contributed by atoms with E-state index in [0.717, 1.165) is 10.0 Å². The lowest BCUT2D eigenvalue weighted by Crippen LogP contribution is -2.13. The van der Waals surface area contributed by atoms with Gasteiger partial charge in [0.25, 0.3) is 5.91 Å². The van der Waals surface area contributed by atoms with Gasteiger partial charge >= 0.3 is 5.97 Å². The lowest BCUT2D eigenvalue weighted by molar-refractivity contribution is -0.112. The summed E-state index contributed by atoms with van der Waals surface area (Å²) in [5.41, 5.74) is 2.38. The van der Waals surface area contributed by atoms with Crippen LogP contribution in [0.25, 0.3) is 6.08 Å². The lowest BCUT2D eigenvalue weighted by Gasteiger charge is -2.12. The van der Waals surface area contributed by atoms with Crippen molar-refractivity contribution in [1.29, 1.82) is 5.26 Å². The molecule has 3 rings (SSSR count). The van der Waals surface area contributed by atoms with E-state index in [9.17, 15) is 14.9 Å². The zero-order valence-corrected chi connectivity index (χ0v) is 23.2. The number of halogens is 3. The average molecular weight is 663 g/mol. The molecule has 178 valence electrons. The van der Waals surface area contributed by atoms with E-state index < -0.39 is 11.9 Å². The highest BCUT2D eigenvalue weighted by atomic mass is 79.9. The van der Waals surface area contributed by atoms with E-state index in [2.05, 4.69) is 53.1 Å². The summed E-state index contributed by atoms with van der Waals surface area (Å²) in [7, 11) is 0. The number of anilines is 1. The minimum atomic E-state index is -0.570. The number of carbonyl (C=O) groups excluding carboxylic acids is 2. The summed E-state index contributed by atoms with van der Waals surface area (Å²) in [6.45, 7) is 2.38. The molecule has 35 heavy (non-hydrogen) atoms. The Hall–Kier alpha value is -2.93. The Bertz CT molecular complexity index is 1270. The molecule has 3 aromatic carbocycles. The van der Waals surface area contributed by atoms with Crippen LogP contribution >= 0.6 is 47.8 Å². The van der Waals surface area contributed by atoms with Gasteiger partial charge in [-0.05, 0) is 105 Å². The molecule has 0 aliphatic rings. The molecule has 0 unspecified atom stereocenters. The van der Waals surface area contributed by atoms with E-state index in [1.165, 1.54) is 6.08 Å². The summed E-state index contributed by atoms with van der Waals surface area (Å²) in [5.74, 6) is -0.405. The molecule has 1 amide bonds. The van der Waals surface area contributed by atoms with Crippen LogP contribution in [0.5, 0.6) is 5.75 Å². The van der Waals surface area contributed by atoms with Crippen molar-refractivity contribution in [3.05, 3.63) is 96.3 Å².